The Kier molecular flexibility index (Phi) is 4.75. The molecular weight excluding hydrogens is 260 g/mol. The molecule has 1 fully saturated rings. The van der Waals surface area contributed by atoms with Crippen molar-refractivity contribution in [3.05, 3.63) is 28.3 Å². The Hall–Kier alpha value is -0.730. The minimum absolute atomic E-state index is 0.410. The van der Waals surface area contributed by atoms with Gasteiger partial charge in [-0.25, -0.2) is 0 Å². The van der Waals surface area contributed by atoms with Gasteiger partial charge < -0.3 is 9.47 Å². The van der Waals surface area contributed by atoms with Crippen molar-refractivity contribution < 1.29 is 9.47 Å². The third-order valence-corrected chi connectivity index (χ3v) is 3.99. The fourth-order valence-corrected chi connectivity index (χ4v) is 2.88. The molecule has 3 heteroatoms. The number of epoxide rings is 1. The highest BCUT2D eigenvalue weighted by Gasteiger charge is 2.36. The van der Waals surface area contributed by atoms with E-state index in [9.17, 15) is 0 Å². The van der Waals surface area contributed by atoms with Gasteiger partial charge in [0.1, 0.15) is 5.75 Å². The number of rotatable bonds is 6. The van der Waals surface area contributed by atoms with E-state index in [0.29, 0.717) is 18.1 Å². The van der Waals surface area contributed by atoms with E-state index in [1.165, 1.54) is 11.1 Å². The topological polar surface area (TPSA) is 21.8 Å². The second kappa shape index (κ2) is 6.15. The van der Waals surface area contributed by atoms with E-state index in [1.54, 1.807) is 7.11 Å². The Morgan fingerprint density at radius 2 is 2.05 bits per heavy atom. The quantitative estimate of drug-likeness (QED) is 0.712. The minimum atomic E-state index is 0.410. The van der Waals surface area contributed by atoms with E-state index >= 15 is 0 Å². The Bertz CT molecular complexity index is 443. The average molecular weight is 283 g/mol. The van der Waals surface area contributed by atoms with Crippen LogP contribution in [0.15, 0.2) is 12.1 Å². The molecule has 2 rings (SSSR count). The van der Waals surface area contributed by atoms with Crippen molar-refractivity contribution in [2.24, 2.45) is 0 Å². The first-order valence-corrected chi connectivity index (χ1v) is 7.46. The van der Waals surface area contributed by atoms with Gasteiger partial charge in [0.15, 0.2) is 0 Å². The number of aryl methyl sites for hydroxylation is 1. The smallest absolute Gasteiger partial charge is 0.125 e. The van der Waals surface area contributed by atoms with Gasteiger partial charge in [0.25, 0.3) is 0 Å². The molecule has 2 atom stereocenters. The van der Waals surface area contributed by atoms with Crippen LogP contribution in [0.25, 0.3) is 0 Å². The lowest BCUT2D eigenvalue weighted by Crippen LogP contribution is -2.02. The number of hydrogen-bond donors (Lipinski definition) is 0. The molecule has 2 nitrogen and oxygen atoms in total. The van der Waals surface area contributed by atoms with Crippen LogP contribution in [0, 0.1) is 0 Å². The maximum absolute atomic E-state index is 6.22. The van der Waals surface area contributed by atoms with Crippen LogP contribution in [0.1, 0.15) is 50.7 Å². The van der Waals surface area contributed by atoms with E-state index in [2.05, 4.69) is 20.8 Å². The molecule has 0 N–H and O–H groups in total. The van der Waals surface area contributed by atoms with E-state index < -0.39 is 0 Å². The molecular formula is C16H23ClO2. The lowest BCUT2D eigenvalue weighted by atomic mass is 9.96. The van der Waals surface area contributed by atoms with Crippen LogP contribution in [0.3, 0.4) is 0 Å². The summed E-state index contributed by atoms with van der Waals surface area (Å²) in [6.07, 6.45) is 4.01. The Morgan fingerprint density at radius 1 is 1.32 bits per heavy atom. The summed E-state index contributed by atoms with van der Waals surface area (Å²) in [6.45, 7) is 6.49. The SMILES string of the molecule is CCC1OC1CCc1cc(Cl)cc(C(C)C)c1OC. The van der Waals surface area contributed by atoms with Crippen LogP contribution in [0.2, 0.25) is 5.02 Å². The summed E-state index contributed by atoms with van der Waals surface area (Å²) in [4.78, 5) is 0. The van der Waals surface area contributed by atoms with Crippen molar-refractivity contribution in [2.45, 2.75) is 58.2 Å². The van der Waals surface area contributed by atoms with Gasteiger partial charge in [0, 0.05) is 5.02 Å². The first-order valence-electron chi connectivity index (χ1n) is 7.08. The fraction of sp³-hybridized carbons (Fsp3) is 0.625. The van der Waals surface area contributed by atoms with E-state index in [4.69, 9.17) is 21.1 Å². The Morgan fingerprint density at radius 3 is 2.58 bits per heavy atom. The van der Waals surface area contributed by atoms with Gasteiger partial charge in [-0.15, -0.1) is 0 Å². The van der Waals surface area contributed by atoms with Crippen molar-refractivity contribution in [1.29, 1.82) is 0 Å². The zero-order valence-electron chi connectivity index (χ0n) is 12.2. The molecule has 19 heavy (non-hydrogen) atoms. The van der Waals surface area contributed by atoms with Gasteiger partial charge in [-0.3, -0.25) is 0 Å². The number of hydrogen-bond acceptors (Lipinski definition) is 2. The third kappa shape index (κ3) is 3.43. The molecule has 1 saturated heterocycles. The molecule has 0 radical (unpaired) electrons. The van der Waals surface area contributed by atoms with Crippen LogP contribution < -0.4 is 4.74 Å². The second-order valence-corrected chi connectivity index (χ2v) is 5.94. The van der Waals surface area contributed by atoms with Crippen LogP contribution in [-0.4, -0.2) is 19.3 Å². The predicted octanol–water partition coefficient (Wildman–Crippen LogP) is 4.58. The molecule has 1 aliphatic rings. The zero-order valence-corrected chi connectivity index (χ0v) is 13.0. The number of halogens is 1. The van der Waals surface area contributed by atoms with E-state index in [0.717, 1.165) is 30.0 Å². The first kappa shape index (κ1) is 14.7. The number of ether oxygens (including phenoxy) is 2. The molecule has 0 spiro atoms. The van der Waals surface area contributed by atoms with Gasteiger partial charge in [-0.2, -0.15) is 0 Å². The zero-order chi connectivity index (χ0) is 14.0. The highest BCUT2D eigenvalue weighted by Crippen LogP contribution is 2.36. The molecule has 0 saturated carbocycles. The van der Waals surface area contributed by atoms with Gasteiger partial charge >= 0.3 is 0 Å². The van der Waals surface area contributed by atoms with Crippen molar-refractivity contribution in [2.75, 3.05) is 7.11 Å². The number of methoxy groups -OCH3 is 1. The molecule has 2 unspecified atom stereocenters. The summed E-state index contributed by atoms with van der Waals surface area (Å²) in [7, 11) is 1.74. The first-order chi connectivity index (χ1) is 9.06. The summed E-state index contributed by atoms with van der Waals surface area (Å²) < 4.78 is 11.2. The van der Waals surface area contributed by atoms with Crippen molar-refractivity contribution in [3.63, 3.8) is 0 Å². The minimum Gasteiger partial charge on any atom is -0.496 e. The summed E-state index contributed by atoms with van der Waals surface area (Å²) in [5.41, 5.74) is 2.39. The van der Waals surface area contributed by atoms with Gasteiger partial charge in [-0.05, 0) is 48.4 Å². The Labute approximate surface area is 121 Å². The molecule has 0 amide bonds. The van der Waals surface area contributed by atoms with Gasteiger partial charge in [0.05, 0.1) is 19.3 Å². The van der Waals surface area contributed by atoms with E-state index in [1.807, 2.05) is 12.1 Å². The number of benzene rings is 1. The fourth-order valence-electron chi connectivity index (χ4n) is 2.63. The molecule has 0 aromatic heterocycles. The molecule has 106 valence electrons. The molecule has 0 bridgehead atoms. The highest BCUT2D eigenvalue weighted by molar-refractivity contribution is 6.30. The van der Waals surface area contributed by atoms with Crippen LogP contribution in [-0.2, 0) is 11.2 Å². The Balaban J connectivity index is 2.14. The monoisotopic (exact) mass is 282 g/mol. The summed E-state index contributed by atoms with van der Waals surface area (Å²) in [6, 6.07) is 4.03. The molecule has 1 heterocycles. The van der Waals surface area contributed by atoms with Crippen molar-refractivity contribution in [1.82, 2.24) is 0 Å². The normalized spacial score (nSPS) is 21.8. The molecule has 1 aliphatic heterocycles. The van der Waals surface area contributed by atoms with Crippen LogP contribution >= 0.6 is 11.6 Å². The lowest BCUT2D eigenvalue weighted by molar-refractivity contribution is 0.358. The highest BCUT2D eigenvalue weighted by atomic mass is 35.5. The van der Waals surface area contributed by atoms with Crippen molar-refractivity contribution >= 4 is 11.6 Å². The van der Waals surface area contributed by atoms with Crippen molar-refractivity contribution in [3.8, 4) is 5.75 Å². The molecule has 0 aliphatic carbocycles. The third-order valence-electron chi connectivity index (χ3n) is 3.77. The summed E-state index contributed by atoms with van der Waals surface area (Å²) in [5, 5.41) is 0.795. The standard InChI is InChI=1S/C16H23ClO2/c1-5-14-15(19-14)7-6-11-8-12(17)9-13(10(2)3)16(11)18-4/h8-10,14-15H,5-7H2,1-4H3. The van der Waals surface area contributed by atoms with Crippen LogP contribution in [0.4, 0.5) is 0 Å². The predicted molar refractivity (Wildman–Crippen MR) is 79.4 cm³/mol. The van der Waals surface area contributed by atoms with E-state index in [-0.39, 0.29) is 0 Å². The molecule has 1 aromatic rings. The second-order valence-electron chi connectivity index (χ2n) is 5.50. The van der Waals surface area contributed by atoms with Gasteiger partial charge in [-0.1, -0.05) is 32.4 Å². The van der Waals surface area contributed by atoms with Gasteiger partial charge in [0.2, 0.25) is 0 Å². The summed E-state index contributed by atoms with van der Waals surface area (Å²) >= 11 is 6.22. The maximum atomic E-state index is 6.22. The molecule has 1 aromatic carbocycles. The largest absolute Gasteiger partial charge is 0.496 e. The average Bonchev–Trinajstić information content (AvgIpc) is 3.14. The summed E-state index contributed by atoms with van der Waals surface area (Å²) in [5.74, 6) is 1.40. The van der Waals surface area contributed by atoms with Crippen LogP contribution in [0.5, 0.6) is 5.75 Å². The maximum Gasteiger partial charge on any atom is 0.125 e. The lowest BCUT2D eigenvalue weighted by Gasteiger charge is -2.16.